The number of hydrogen-bond acceptors (Lipinski definition) is 1. The van der Waals surface area contributed by atoms with Crippen LogP contribution in [0.5, 0.6) is 0 Å². The normalized spacial score (nSPS) is 24.0. The van der Waals surface area contributed by atoms with Crippen molar-refractivity contribution in [2.45, 2.75) is 0 Å². The summed E-state index contributed by atoms with van der Waals surface area (Å²) in [6.45, 7) is 2.89. The Morgan fingerprint density at radius 1 is 1.60 bits per heavy atom. The summed E-state index contributed by atoms with van der Waals surface area (Å²) in [5.41, 5.74) is 0. The summed E-state index contributed by atoms with van der Waals surface area (Å²) in [5, 5.41) is 0. The maximum absolute atomic E-state index is 4.47. The minimum atomic E-state index is 0.528. The molecule has 0 unspecified atom stereocenters. The van der Waals surface area contributed by atoms with Crippen LogP contribution in [0, 0.1) is 19.4 Å². The van der Waals surface area contributed by atoms with E-state index < -0.39 is 0 Å². The van der Waals surface area contributed by atoms with Crippen LogP contribution in [0.1, 0.15) is 0 Å². The second kappa shape index (κ2) is 1.41. The lowest BCUT2D eigenvalue weighted by molar-refractivity contribution is 0.269. The minimum absolute atomic E-state index is 0.528. The van der Waals surface area contributed by atoms with Crippen molar-refractivity contribution >= 4 is 0 Å². The largest absolute Gasteiger partial charge is 0.367 e. The van der Waals surface area contributed by atoms with Crippen LogP contribution >= 0.6 is 0 Å². The summed E-state index contributed by atoms with van der Waals surface area (Å²) in [5.74, 6) is 0. The molecule has 1 aliphatic rings. The van der Waals surface area contributed by atoms with Gasteiger partial charge in [-0.2, -0.15) is 0 Å². The molecule has 0 aromatic heterocycles. The summed E-state index contributed by atoms with van der Waals surface area (Å²) in [6.07, 6.45) is 5.14. The molecule has 0 N–H and O–H groups in total. The Hall–Kier alpha value is -0.0400. The Kier molecular flexibility index (Phi) is 0.892. The predicted molar refractivity (Wildman–Crippen MR) is 15.7 cm³/mol. The molecule has 1 heterocycles. The van der Waals surface area contributed by atoms with E-state index in [-0.39, 0.29) is 0 Å². The van der Waals surface area contributed by atoms with Gasteiger partial charge in [0.1, 0.15) is 6.61 Å². The maximum atomic E-state index is 4.47. The van der Waals surface area contributed by atoms with Gasteiger partial charge in [0.05, 0.1) is 6.61 Å². The molecular formula is C4H2O. The molecule has 1 saturated heterocycles. The number of hydrogen-bond donors (Lipinski definition) is 0. The van der Waals surface area contributed by atoms with Gasteiger partial charge >= 0.3 is 0 Å². The van der Waals surface area contributed by atoms with Gasteiger partial charge in [0.15, 0.2) is 0 Å². The Bertz CT molecular complexity index is 15.2. The molecule has 0 bridgehead atoms. The molecule has 0 aromatic rings. The summed E-state index contributed by atoms with van der Waals surface area (Å²) < 4.78 is 4.47. The summed E-state index contributed by atoms with van der Waals surface area (Å²) in [6, 6.07) is 0. The van der Waals surface area contributed by atoms with Crippen molar-refractivity contribution in [2.24, 2.45) is 0 Å². The third kappa shape index (κ3) is 0.618. The molecule has 6 radical (unpaired) electrons. The molecule has 0 atom stereocenters. The van der Waals surface area contributed by atoms with Gasteiger partial charge < -0.3 is 4.74 Å². The molecule has 0 aliphatic carbocycles. The fourth-order valence-electron chi connectivity index (χ4n) is 0.180. The molecular weight excluding hydrogens is 64.0 g/mol. The van der Waals surface area contributed by atoms with E-state index in [4.69, 9.17) is 0 Å². The molecule has 1 nitrogen and oxygen atoms in total. The molecule has 0 spiro atoms. The number of ether oxygens (including phenoxy) is 1. The van der Waals surface area contributed by atoms with Gasteiger partial charge in [-0.25, -0.2) is 0 Å². The quantitative estimate of drug-likeness (QED) is 0.393. The van der Waals surface area contributed by atoms with E-state index in [9.17, 15) is 0 Å². The summed E-state index contributed by atoms with van der Waals surface area (Å²) in [4.78, 5) is 0. The molecule has 1 rings (SSSR count). The molecule has 5 heavy (non-hydrogen) atoms. The van der Waals surface area contributed by atoms with Crippen molar-refractivity contribution < 1.29 is 4.74 Å². The van der Waals surface area contributed by atoms with E-state index in [0.717, 1.165) is 0 Å². The molecule has 0 aromatic carbocycles. The third-order valence-corrected chi connectivity index (χ3v) is 0.356. The van der Waals surface area contributed by atoms with E-state index in [1.807, 2.05) is 0 Å². The van der Waals surface area contributed by atoms with Crippen molar-refractivity contribution in [3.63, 3.8) is 0 Å². The van der Waals surface area contributed by atoms with Gasteiger partial charge in [-0.15, -0.1) is 0 Å². The maximum Gasteiger partial charge on any atom is 0.141 e. The van der Waals surface area contributed by atoms with E-state index in [2.05, 4.69) is 24.2 Å². The molecule has 0 saturated carbocycles. The Morgan fingerprint density at radius 3 is 2.80 bits per heavy atom. The van der Waals surface area contributed by atoms with Crippen LogP contribution in [0.2, 0.25) is 0 Å². The van der Waals surface area contributed by atoms with E-state index in [1.165, 1.54) is 0 Å². The van der Waals surface area contributed by atoms with Gasteiger partial charge in [0.2, 0.25) is 0 Å². The minimum Gasteiger partial charge on any atom is -0.367 e. The highest BCUT2D eigenvalue weighted by Crippen LogP contribution is 2.00. The van der Waals surface area contributed by atoms with Crippen molar-refractivity contribution in [2.75, 3.05) is 6.61 Å². The fourth-order valence-corrected chi connectivity index (χ4v) is 0.180. The van der Waals surface area contributed by atoms with E-state index in [1.54, 1.807) is 0 Å². The van der Waals surface area contributed by atoms with Crippen molar-refractivity contribution in [3.8, 4) is 0 Å². The predicted octanol–water partition coefficient (Wildman–Crippen LogP) is 0.218. The lowest BCUT2D eigenvalue weighted by atomic mass is 10.4. The topological polar surface area (TPSA) is 9.23 Å². The Balaban J connectivity index is 2.08. The van der Waals surface area contributed by atoms with Crippen molar-refractivity contribution in [3.05, 3.63) is 19.4 Å². The van der Waals surface area contributed by atoms with Crippen LogP contribution in [0.3, 0.4) is 0 Å². The molecule has 0 amide bonds. The lowest BCUT2D eigenvalue weighted by Gasteiger charge is -1.73. The Labute approximate surface area is 31.9 Å². The second-order valence-corrected chi connectivity index (χ2v) is 0.693. The van der Waals surface area contributed by atoms with Gasteiger partial charge in [-0.05, 0) is 0 Å². The van der Waals surface area contributed by atoms with Crippen LogP contribution in [0.4, 0.5) is 0 Å². The van der Waals surface area contributed by atoms with Gasteiger partial charge in [-0.3, -0.25) is 0 Å². The zero-order valence-electron chi connectivity index (χ0n) is 2.62. The second-order valence-electron chi connectivity index (χ2n) is 0.693. The van der Waals surface area contributed by atoms with Crippen molar-refractivity contribution in [1.82, 2.24) is 0 Å². The molecule has 24 valence electrons. The highest BCUT2D eigenvalue weighted by atomic mass is 16.5. The van der Waals surface area contributed by atoms with Crippen LogP contribution in [0.15, 0.2) is 0 Å². The Morgan fingerprint density at radius 2 is 2.60 bits per heavy atom. The molecule has 1 aliphatic heterocycles. The third-order valence-electron chi connectivity index (χ3n) is 0.356. The standard InChI is InChI=1S/C4H2O/c1-2-4-5-3-1/h3H2. The average molecular weight is 66.1 g/mol. The summed E-state index contributed by atoms with van der Waals surface area (Å²) in [7, 11) is 0. The zero-order chi connectivity index (χ0) is 3.54. The first kappa shape index (κ1) is 3.16. The smallest absolute Gasteiger partial charge is 0.141 e. The lowest BCUT2D eigenvalue weighted by Crippen LogP contribution is -1.70. The van der Waals surface area contributed by atoms with E-state index in [0.29, 0.717) is 6.61 Å². The first-order chi connectivity index (χ1) is 2.50. The zero-order valence-corrected chi connectivity index (χ0v) is 2.62. The summed E-state index contributed by atoms with van der Waals surface area (Å²) >= 11 is 0. The number of rotatable bonds is 0. The van der Waals surface area contributed by atoms with Crippen LogP contribution in [-0.4, -0.2) is 6.61 Å². The molecule has 1 fully saturated rings. The van der Waals surface area contributed by atoms with Gasteiger partial charge in [-0.1, -0.05) is 0 Å². The SMILES string of the molecule is [C]1[C]CO[C]1. The van der Waals surface area contributed by atoms with Crippen LogP contribution in [0.25, 0.3) is 0 Å². The van der Waals surface area contributed by atoms with E-state index >= 15 is 0 Å². The van der Waals surface area contributed by atoms with Crippen molar-refractivity contribution in [1.29, 1.82) is 0 Å². The highest BCUT2D eigenvalue weighted by Gasteiger charge is 1.99. The van der Waals surface area contributed by atoms with Crippen LogP contribution in [-0.2, 0) is 4.74 Å². The fraction of sp³-hybridized carbons (Fsp3) is 0.250. The van der Waals surface area contributed by atoms with Gasteiger partial charge in [0.25, 0.3) is 0 Å². The van der Waals surface area contributed by atoms with Gasteiger partial charge in [0, 0.05) is 12.8 Å². The first-order valence-electron chi connectivity index (χ1n) is 1.35. The van der Waals surface area contributed by atoms with Crippen LogP contribution < -0.4 is 0 Å². The highest BCUT2D eigenvalue weighted by molar-refractivity contribution is 4.96. The monoisotopic (exact) mass is 66.0 g/mol. The first-order valence-corrected chi connectivity index (χ1v) is 1.35. The molecule has 1 heteroatoms. The average Bonchev–Trinajstić information content (AvgIpc) is 1.76.